The Balaban J connectivity index is 2.80. The molecule has 0 amide bonds. The number of carbonyl (C=O) groups is 1. The highest BCUT2D eigenvalue weighted by atomic mass is 16.4. The fourth-order valence-electron chi connectivity index (χ4n) is 0.850. The van der Waals surface area contributed by atoms with Gasteiger partial charge in [0, 0.05) is 6.20 Å². The molecule has 0 aliphatic rings. The van der Waals surface area contributed by atoms with Crippen LogP contribution in [-0.4, -0.2) is 22.6 Å². The predicted octanol–water partition coefficient (Wildman–Crippen LogP) is 0.0320. The fourth-order valence-corrected chi connectivity index (χ4v) is 0.850. The zero-order valence-electron chi connectivity index (χ0n) is 7.19. The second-order valence-corrected chi connectivity index (χ2v) is 2.52. The molecule has 72 valence electrons. The number of rotatable bonds is 3. The quantitative estimate of drug-likeness (QED) is 0.622. The van der Waals surface area contributed by atoms with Crippen molar-refractivity contribution in [2.75, 3.05) is 17.6 Å². The Hall–Kier alpha value is -2.29. The van der Waals surface area contributed by atoms with Crippen molar-refractivity contribution in [1.82, 2.24) is 4.98 Å². The number of nitrogens with zero attached hydrogens (tertiary/aromatic N) is 2. The van der Waals surface area contributed by atoms with E-state index in [2.05, 4.69) is 10.3 Å². The fraction of sp³-hybridized carbons (Fsp3) is 0.125. The lowest BCUT2D eigenvalue weighted by Crippen LogP contribution is -2.14. The Labute approximate surface area is 80.0 Å². The third-order valence-electron chi connectivity index (χ3n) is 1.45. The lowest BCUT2D eigenvalue weighted by atomic mass is 10.3. The molecule has 0 aliphatic heterocycles. The van der Waals surface area contributed by atoms with Gasteiger partial charge in [0.2, 0.25) is 0 Å². The van der Waals surface area contributed by atoms with Crippen molar-refractivity contribution in [2.45, 2.75) is 0 Å². The number of nitriles is 1. The van der Waals surface area contributed by atoms with Crippen LogP contribution in [0.4, 0.5) is 11.5 Å². The first-order valence-electron chi connectivity index (χ1n) is 3.74. The SMILES string of the molecule is N#Cc1cnc(NCC(=O)O)c(N)c1. The molecule has 1 aromatic heterocycles. The summed E-state index contributed by atoms with van der Waals surface area (Å²) in [6.07, 6.45) is 1.32. The van der Waals surface area contributed by atoms with Crippen molar-refractivity contribution in [2.24, 2.45) is 0 Å². The van der Waals surface area contributed by atoms with E-state index in [1.165, 1.54) is 12.3 Å². The van der Waals surface area contributed by atoms with Crippen molar-refractivity contribution < 1.29 is 9.90 Å². The van der Waals surface area contributed by atoms with Gasteiger partial charge in [0.15, 0.2) is 0 Å². The van der Waals surface area contributed by atoms with Gasteiger partial charge in [0.1, 0.15) is 18.4 Å². The van der Waals surface area contributed by atoms with Crippen molar-refractivity contribution in [1.29, 1.82) is 5.26 Å². The van der Waals surface area contributed by atoms with E-state index in [-0.39, 0.29) is 18.1 Å². The summed E-state index contributed by atoms with van der Waals surface area (Å²) < 4.78 is 0. The van der Waals surface area contributed by atoms with Crippen LogP contribution in [0.3, 0.4) is 0 Å². The smallest absolute Gasteiger partial charge is 0.322 e. The number of aromatic nitrogens is 1. The second-order valence-electron chi connectivity index (χ2n) is 2.52. The molecule has 0 aliphatic carbocycles. The van der Waals surface area contributed by atoms with Gasteiger partial charge in [-0.05, 0) is 6.07 Å². The van der Waals surface area contributed by atoms with E-state index in [9.17, 15) is 4.79 Å². The first kappa shape index (κ1) is 9.80. The molecular weight excluding hydrogens is 184 g/mol. The van der Waals surface area contributed by atoms with E-state index in [0.717, 1.165) is 0 Å². The Morgan fingerprint density at radius 3 is 3.00 bits per heavy atom. The molecule has 0 saturated carbocycles. The molecule has 4 N–H and O–H groups in total. The lowest BCUT2D eigenvalue weighted by molar-refractivity contribution is -0.134. The summed E-state index contributed by atoms with van der Waals surface area (Å²) in [7, 11) is 0. The van der Waals surface area contributed by atoms with Gasteiger partial charge in [-0.3, -0.25) is 4.79 Å². The van der Waals surface area contributed by atoms with Crippen LogP contribution in [0.5, 0.6) is 0 Å². The molecule has 1 aromatic rings. The Bertz CT molecular complexity index is 397. The number of hydrogen-bond acceptors (Lipinski definition) is 5. The third-order valence-corrected chi connectivity index (χ3v) is 1.45. The third kappa shape index (κ3) is 2.35. The largest absolute Gasteiger partial charge is 0.480 e. The van der Waals surface area contributed by atoms with Crippen molar-refractivity contribution >= 4 is 17.5 Å². The highest BCUT2D eigenvalue weighted by Gasteiger charge is 2.03. The van der Waals surface area contributed by atoms with Gasteiger partial charge in [-0.1, -0.05) is 0 Å². The monoisotopic (exact) mass is 192 g/mol. The van der Waals surface area contributed by atoms with E-state index in [1.807, 2.05) is 6.07 Å². The molecule has 14 heavy (non-hydrogen) atoms. The average molecular weight is 192 g/mol. The number of nitrogen functional groups attached to an aromatic ring is 1. The molecule has 0 unspecified atom stereocenters. The van der Waals surface area contributed by atoms with E-state index in [1.54, 1.807) is 0 Å². The number of aliphatic carboxylic acids is 1. The van der Waals surface area contributed by atoms with Crippen LogP contribution in [0.1, 0.15) is 5.56 Å². The molecule has 0 fully saturated rings. The van der Waals surface area contributed by atoms with Crippen LogP contribution < -0.4 is 11.1 Å². The number of carboxylic acid groups (broad SMARTS) is 1. The summed E-state index contributed by atoms with van der Waals surface area (Å²) >= 11 is 0. The number of pyridine rings is 1. The number of carboxylic acids is 1. The number of anilines is 2. The van der Waals surface area contributed by atoms with Crippen LogP contribution in [0.25, 0.3) is 0 Å². The summed E-state index contributed by atoms with van der Waals surface area (Å²) in [5.74, 6) is -0.734. The zero-order chi connectivity index (χ0) is 10.6. The first-order chi connectivity index (χ1) is 6.63. The molecule has 0 atom stereocenters. The van der Waals surface area contributed by atoms with E-state index >= 15 is 0 Å². The average Bonchev–Trinajstić information content (AvgIpc) is 2.15. The van der Waals surface area contributed by atoms with Crippen LogP contribution in [-0.2, 0) is 4.79 Å². The van der Waals surface area contributed by atoms with Crippen molar-refractivity contribution in [3.63, 3.8) is 0 Å². The number of nitrogens with one attached hydrogen (secondary N) is 1. The highest BCUT2D eigenvalue weighted by Crippen LogP contribution is 2.15. The Morgan fingerprint density at radius 2 is 2.50 bits per heavy atom. The van der Waals surface area contributed by atoms with E-state index in [4.69, 9.17) is 16.1 Å². The topological polar surface area (TPSA) is 112 Å². The molecule has 6 nitrogen and oxygen atoms in total. The lowest BCUT2D eigenvalue weighted by Gasteiger charge is -2.05. The summed E-state index contributed by atoms with van der Waals surface area (Å²) in [6.45, 7) is -0.261. The number of hydrogen-bond donors (Lipinski definition) is 3. The minimum absolute atomic E-state index is 0.255. The van der Waals surface area contributed by atoms with Gasteiger partial charge in [0.05, 0.1) is 11.3 Å². The van der Waals surface area contributed by atoms with Gasteiger partial charge < -0.3 is 16.2 Å². The summed E-state index contributed by atoms with van der Waals surface area (Å²) in [5.41, 5.74) is 6.11. The zero-order valence-corrected chi connectivity index (χ0v) is 7.19. The molecular formula is C8H8N4O2. The van der Waals surface area contributed by atoms with Crippen LogP contribution >= 0.6 is 0 Å². The number of nitrogens with two attached hydrogens (primary N) is 1. The van der Waals surface area contributed by atoms with E-state index < -0.39 is 5.97 Å². The first-order valence-corrected chi connectivity index (χ1v) is 3.74. The van der Waals surface area contributed by atoms with Crippen molar-refractivity contribution in [3.05, 3.63) is 17.8 Å². The molecule has 6 heteroatoms. The van der Waals surface area contributed by atoms with Gasteiger partial charge in [0.25, 0.3) is 0 Å². The highest BCUT2D eigenvalue weighted by molar-refractivity contribution is 5.74. The molecule has 0 bridgehead atoms. The summed E-state index contributed by atoms with van der Waals surface area (Å²) in [6, 6.07) is 3.30. The summed E-state index contributed by atoms with van der Waals surface area (Å²) in [5, 5.41) is 19.4. The maximum absolute atomic E-state index is 10.2. The van der Waals surface area contributed by atoms with E-state index in [0.29, 0.717) is 5.56 Å². The van der Waals surface area contributed by atoms with Crippen LogP contribution in [0.2, 0.25) is 0 Å². The van der Waals surface area contributed by atoms with Gasteiger partial charge >= 0.3 is 5.97 Å². The van der Waals surface area contributed by atoms with Gasteiger partial charge in [-0.25, -0.2) is 4.98 Å². The maximum atomic E-state index is 10.2. The predicted molar refractivity (Wildman–Crippen MR) is 49.5 cm³/mol. The normalized spacial score (nSPS) is 9.07. The standard InChI is InChI=1S/C8H8N4O2/c9-2-5-1-6(10)8(11-3-5)12-4-7(13)14/h1,3H,4,10H2,(H,11,12)(H,13,14). The van der Waals surface area contributed by atoms with Crippen LogP contribution in [0.15, 0.2) is 12.3 Å². The molecule has 0 radical (unpaired) electrons. The minimum atomic E-state index is -1.00. The molecule has 1 rings (SSSR count). The minimum Gasteiger partial charge on any atom is -0.480 e. The van der Waals surface area contributed by atoms with Gasteiger partial charge in [-0.2, -0.15) is 5.26 Å². The second kappa shape index (κ2) is 4.09. The molecule has 0 saturated heterocycles. The Morgan fingerprint density at radius 1 is 1.79 bits per heavy atom. The Kier molecular flexibility index (Phi) is 2.86. The van der Waals surface area contributed by atoms with Gasteiger partial charge in [-0.15, -0.1) is 0 Å². The maximum Gasteiger partial charge on any atom is 0.322 e. The van der Waals surface area contributed by atoms with Crippen LogP contribution in [0, 0.1) is 11.3 Å². The molecule has 1 heterocycles. The van der Waals surface area contributed by atoms with Crippen molar-refractivity contribution in [3.8, 4) is 6.07 Å². The molecule has 0 aromatic carbocycles. The molecule has 0 spiro atoms. The summed E-state index contributed by atoms with van der Waals surface area (Å²) in [4.78, 5) is 14.0.